The van der Waals surface area contributed by atoms with Crippen LogP contribution in [-0.4, -0.2) is 5.91 Å². The van der Waals surface area contributed by atoms with Crippen molar-refractivity contribution in [3.8, 4) is 0 Å². The van der Waals surface area contributed by atoms with Crippen LogP contribution in [0.1, 0.15) is 11.6 Å². The second-order valence-electron chi connectivity index (χ2n) is 4.49. The van der Waals surface area contributed by atoms with Gasteiger partial charge in [-0.05, 0) is 29.8 Å². The number of benzene rings is 2. The van der Waals surface area contributed by atoms with E-state index in [4.69, 9.17) is 11.6 Å². The van der Waals surface area contributed by atoms with Crippen LogP contribution >= 0.6 is 11.6 Å². The molecule has 1 saturated heterocycles. The molecule has 0 N–H and O–H groups in total. The molecule has 1 aliphatic rings. The van der Waals surface area contributed by atoms with Gasteiger partial charge in [0.15, 0.2) is 0 Å². The largest absolute Gasteiger partial charge is 0.297 e. The third-order valence-corrected chi connectivity index (χ3v) is 3.55. The van der Waals surface area contributed by atoms with Gasteiger partial charge in [0.05, 0.1) is 6.04 Å². The summed E-state index contributed by atoms with van der Waals surface area (Å²) in [5.41, 5.74) is 2.54. The lowest BCUT2D eigenvalue weighted by Crippen LogP contribution is -2.48. The van der Waals surface area contributed by atoms with Crippen molar-refractivity contribution in [2.75, 3.05) is 4.90 Å². The fourth-order valence-corrected chi connectivity index (χ4v) is 2.46. The van der Waals surface area contributed by atoms with Gasteiger partial charge in [-0.1, -0.05) is 48.5 Å². The lowest BCUT2D eigenvalue weighted by Gasteiger charge is -2.42. The first-order valence-electron chi connectivity index (χ1n) is 6.01. The summed E-state index contributed by atoms with van der Waals surface area (Å²) in [6.45, 7) is 3.88. The van der Waals surface area contributed by atoms with E-state index in [2.05, 4.69) is 6.58 Å². The predicted octanol–water partition coefficient (Wildman–Crippen LogP) is 3.98. The highest BCUT2D eigenvalue weighted by atomic mass is 35.5. The molecule has 0 unspecified atom stereocenters. The minimum atomic E-state index is -0.0742. The average Bonchev–Trinajstić information content (AvgIpc) is 2.46. The van der Waals surface area contributed by atoms with Crippen LogP contribution in [0.25, 0.3) is 0 Å². The van der Waals surface area contributed by atoms with E-state index in [9.17, 15) is 4.79 Å². The summed E-state index contributed by atoms with van der Waals surface area (Å²) in [6, 6.07) is 17.1. The van der Waals surface area contributed by atoms with E-state index >= 15 is 0 Å². The number of hydrogen-bond donors (Lipinski definition) is 0. The van der Waals surface area contributed by atoms with Crippen LogP contribution in [0, 0.1) is 0 Å². The molecule has 3 rings (SSSR count). The first-order chi connectivity index (χ1) is 9.18. The molecule has 0 aromatic heterocycles. The average molecular weight is 270 g/mol. The molecule has 0 radical (unpaired) electrons. The van der Waals surface area contributed by atoms with Gasteiger partial charge in [0.25, 0.3) is 5.91 Å². The normalized spacial score (nSPS) is 18.4. The molecular formula is C16H12ClNO. The molecule has 2 aromatic carbocycles. The monoisotopic (exact) mass is 269 g/mol. The molecule has 2 aromatic rings. The van der Waals surface area contributed by atoms with E-state index in [-0.39, 0.29) is 11.9 Å². The standard InChI is InChI=1S/C16H12ClNO/c1-11-15(12-5-3-2-4-6-12)18(16(11)19)14-9-7-13(17)8-10-14/h2-10,15H,1H2/t15-/m0/s1. The Balaban J connectivity index is 1.98. The van der Waals surface area contributed by atoms with Gasteiger partial charge >= 0.3 is 0 Å². The van der Waals surface area contributed by atoms with E-state index < -0.39 is 0 Å². The SMILES string of the molecule is C=C1C(=O)N(c2ccc(Cl)cc2)[C@@H]1c1ccccc1. The zero-order chi connectivity index (χ0) is 13.4. The zero-order valence-electron chi connectivity index (χ0n) is 10.2. The molecular weight excluding hydrogens is 258 g/mol. The van der Waals surface area contributed by atoms with Gasteiger partial charge in [0.2, 0.25) is 0 Å². The quantitative estimate of drug-likeness (QED) is 0.596. The van der Waals surface area contributed by atoms with Crippen molar-refractivity contribution in [3.05, 3.63) is 77.3 Å². The van der Waals surface area contributed by atoms with Crippen LogP contribution < -0.4 is 4.90 Å². The molecule has 94 valence electrons. The Morgan fingerprint density at radius 3 is 2.26 bits per heavy atom. The van der Waals surface area contributed by atoms with Crippen LogP contribution in [0.5, 0.6) is 0 Å². The molecule has 0 bridgehead atoms. The zero-order valence-corrected chi connectivity index (χ0v) is 11.0. The summed E-state index contributed by atoms with van der Waals surface area (Å²) < 4.78 is 0. The molecule has 1 fully saturated rings. The van der Waals surface area contributed by atoms with Crippen molar-refractivity contribution in [3.63, 3.8) is 0 Å². The number of halogens is 1. The van der Waals surface area contributed by atoms with Crippen molar-refractivity contribution >= 4 is 23.2 Å². The van der Waals surface area contributed by atoms with Gasteiger partial charge in [0.1, 0.15) is 0 Å². The maximum absolute atomic E-state index is 12.0. The number of β-lactam (4-membered cyclic amide) rings is 1. The Hall–Kier alpha value is -2.06. The van der Waals surface area contributed by atoms with Crippen LogP contribution in [0.15, 0.2) is 66.7 Å². The van der Waals surface area contributed by atoms with Crippen molar-refractivity contribution in [1.29, 1.82) is 0 Å². The maximum Gasteiger partial charge on any atom is 0.256 e. The number of hydrogen-bond acceptors (Lipinski definition) is 1. The summed E-state index contributed by atoms with van der Waals surface area (Å²) in [5, 5.41) is 0.659. The van der Waals surface area contributed by atoms with Crippen molar-refractivity contribution in [2.24, 2.45) is 0 Å². The number of nitrogens with zero attached hydrogens (tertiary/aromatic N) is 1. The number of carbonyl (C=O) groups is 1. The van der Waals surface area contributed by atoms with Crippen LogP contribution in [0.4, 0.5) is 5.69 Å². The van der Waals surface area contributed by atoms with Crippen LogP contribution in [0.3, 0.4) is 0 Å². The first-order valence-corrected chi connectivity index (χ1v) is 6.39. The molecule has 1 aliphatic heterocycles. The van der Waals surface area contributed by atoms with Gasteiger partial charge in [-0.3, -0.25) is 9.69 Å². The maximum atomic E-state index is 12.0. The highest BCUT2D eigenvalue weighted by Crippen LogP contribution is 2.42. The number of anilines is 1. The molecule has 2 nitrogen and oxygen atoms in total. The molecule has 0 saturated carbocycles. The van der Waals surface area contributed by atoms with Gasteiger partial charge in [0, 0.05) is 16.3 Å². The molecule has 19 heavy (non-hydrogen) atoms. The Morgan fingerprint density at radius 1 is 1.00 bits per heavy atom. The molecule has 1 atom stereocenters. The lowest BCUT2D eigenvalue weighted by molar-refractivity contribution is -0.118. The minimum absolute atomic E-state index is 0.0313. The smallest absolute Gasteiger partial charge is 0.256 e. The summed E-state index contributed by atoms with van der Waals surface area (Å²) >= 11 is 5.88. The number of amides is 1. The summed E-state index contributed by atoms with van der Waals surface area (Å²) in [7, 11) is 0. The summed E-state index contributed by atoms with van der Waals surface area (Å²) in [4.78, 5) is 13.8. The summed E-state index contributed by atoms with van der Waals surface area (Å²) in [5.74, 6) is -0.0313. The van der Waals surface area contributed by atoms with E-state index in [0.29, 0.717) is 10.6 Å². The van der Waals surface area contributed by atoms with Crippen molar-refractivity contribution in [2.45, 2.75) is 6.04 Å². The van der Waals surface area contributed by atoms with E-state index in [1.54, 1.807) is 17.0 Å². The highest BCUT2D eigenvalue weighted by molar-refractivity contribution is 6.30. The lowest BCUT2D eigenvalue weighted by atomic mass is 9.88. The first kappa shape index (κ1) is 12.0. The molecule has 3 heteroatoms. The second kappa shape index (κ2) is 4.56. The third kappa shape index (κ3) is 1.94. The molecule has 0 aliphatic carbocycles. The van der Waals surface area contributed by atoms with Crippen LogP contribution in [0.2, 0.25) is 5.02 Å². The van der Waals surface area contributed by atoms with Gasteiger partial charge in [-0.25, -0.2) is 0 Å². The number of carbonyl (C=O) groups excluding carboxylic acids is 1. The Bertz CT molecular complexity index is 634. The van der Waals surface area contributed by atoms with Crippen molar-refractivity contribution < 1.29 is 4.79 Å². The molecule has 1 amide bonds. The van der Waals surface area contributed by atoms with E-state index in [0.717, 1.165) is 11.3 Å². The number of rotatable bonds is 2. The van der Waals surface area contributed by atoms with Crippen LogP contribution in [-0.2, 0) is 4.79 Å². The summed E-state index contributed by atoms with van der Waals surface area (Å²) in [6.07, 6.45) is 0. The fourth-order valence-electron chi connectivity index (χ4n) is 2.33. The Morgan fingerprint density at radius 2 is 1.63 bits per heavy atom. The van der Waals surface area contributed by atoms with E-state index in [1.165, 1.54) is 0 Å². The van der Waals surface area contributed by atoms with Gasteiger partial charge < -0.3 is 0 Å². The highest BCUT2D eigenvalue weighted by Gasteiger charge is 2.42. The predicted molar refractivity (Wildman–Crippen MR) is 77.3 cm³/mol. The van der Waals surface area contributed by atoms with Gasteiger partial charge in [-0.15, -0.1) is 0 Å². The Labute approximate surface area is 116 Å². The molecule has 1 heterocycles. The Kier molecular flexibility index (Phi) is 2.88. The van der Waals surface area contributed by atoms with Gasteiger partial charge in [-0.2, -0.15) is 0 Å². The fraction of sp³-hybridized carbons (Fsp3) is 0.0625. The third-order valence-electron chi connectivity index (χ3n) is 3.30. The van der Waals surface area contributed by atoms with Crippen molar-refractivity contribution in [1.82, 2.24) is 0 Å². The minimum Gasteiger partial charge on any atom is -0.297 e. The molecule has 0 spiro atoms. The second-order valence-corrected chi connectivity index (χ2v) is 4.93. The topological polar surface area (TPSA) is 20.3 Å². The van der Waals surface area contributed by atoms with E-state index in [1.807, 2.05) is 42.5 Å².